The van der Waals surface area contributed by atoms with Crippen LogP contribution in [-0.2, 0) is 25.6 Å². The lowest BCUT2D eigenvalue weighted by molar-refractivity contribution is -0.153. The van der Waals surface area contributed by atoms with Crippen LogP contribution in [0, 0.1) is 11.8 Å². The molecule has 0 radical (unpaired) electrons. The van der Waals surface area contributed by atoms with Gasteiger partial charge in [-0.15, -0.1) is 0 Å². The number of nitrogens with one attached hydrogen (secondary N) is 2. The number of phenolic OH excluding ortho intramolecular Hbond substituents is 1. The van der Waals surface area contributed by atoms with E-state index in [9.17, 15) is 39.6 Å². The summed E-state index contributed by atoms with van der Waals surface area (Å²) in [5, 5.41) is 51.3. The second-order valence-corrected chi connectivity index (χ2v) is 12.7. The Kier molecular flexibility index (Phi) is 9.59. The van der Waals surface area contributed by atoms with Crippen LogP contribution < -0.4 is 21.3 Å². The minimum absolute atomic E-state index is 0.00158. The van der Waals surface area contributed by atoms with Crippen molar-refractivity contribution in [1.82, 2.24) is 10.2 Å². The molecule has 13 nitrogen and oxygen atoms in total. The van der Waals surface area contributed by atoms with Gasteiger partial charge in [0, 0.05) is 36.8 Å². The predicted octanol–water partition coefficient (Wildman–Crippen LogP) is 1.38. The van der Waals surface area contributed by atoms with Crippen molar-refractivity contribution in [2.75, 3.05) is 45.0 Å². The van der Waals surface area contributed by atoms with Crippen LogP contribution >= 0.6 is 0 Å². The normalized spacial score (nSPS) is 24.7. The average molecular weight is 616 g/mol. The van der Waals surface area contributed by atoms with E-state index in [0.717, 1.165) is 0 Å². The number of likely N-dealkylation sites (N-methyl/N-ethyl adjacent to an activating group) is 1. The van der Waals surface area contributed by atoms with Gasteiger partial charge >= 0.3 is 0 Å². The molecule has 0 saturated heterocycles. The maximum absolute atomic E-state index is 14.0. The summed E-state index contributed by atoms with van der Waals surface area (Å²) < 4.78 is 0. The van der Waals surface area contributed by atoms with Crippen LogP contribution in [0.25, 0.3) is 5.76 Å². The minimum Gasteiger partial charge on any atom is -0.508 e. The Hall–Kier alpha value is -3.94. The van der Waals surface area contributed by atoms with Crippen molar-refractivity contribution < 1.29 is 39.6 Å². The van der Waals surface area contributed by atoms with Gasteiger partial charge in [-0.25, -0.2) is 0 Å². The summed E-state index contributed by atoms with van der Waals surface area (Å²) in [5.41, 5.74) is 2.11. The molecule has 0 heterocycles. The quantitative estimate of drug-likeness (QED) is 0.180. The van der Waals surface area contributed by atoms with Crippen LogP contribution in [-0.4, -0.2) is 101 Å². The SMILES string of the molecule is CC.CN(C)c1cc(NC(=O)CNC(C)(C)C)c(O)c2c1C[C@H]1CC3C(N(C)C)C(=O)C(C(N)=O)=C(O)C3(O)C(=O)C1=C2O. The molecule has 3 aliphatic carbocycles. The third-order valence-corrected chi connectivity index (χ3v) is 8.23. The highest BCUT2D eigenvalue weighted by Crippen LogP contribution is 2.54. The van der Waals surface area contributed by atoms with E-state index in [4.69, 9.17) is 5.73 Å². The second kappa shape index (κ2) is 12.2. The van der Waals surface area contributed by atoms with E-state index in [1.807, 2.05) is 34.6 Å². The number of hydrogen-bond acceptors (Lipinski definition) is 11. The molecule has 44 heavy (non-hydrogen) atoms. The van der Waals surface area contributed by atoms with E-state index in [2.05, 4.69) is 10.6 Å². The van der Waals surface area contributed by atoms with Crippen LogP contribution in [0.4, 0.5) is 11.4 Å². The maximum atomic E-state index is 14.0. The molecule has 4 rings (SSSR count). The molecule has 1 aromatic rings. The van der Waals surface area contributed by atoms with Crippen LogP contribution in [0.1, 0.15) is 52.2 Å². The minimum atomic E-state index is -2.73. The third kappa shape index (κ3) is 5.66. The molecule has 3 aliphatic rings. The number of phenols is 1. The molecule has 13 heteroatoms. The highest BCUT2D eigenvalue weighted by Gasteiger charge is 2.64. The monoisotopic (exact) mass is 615 g/mol. The number of nitrogens with two attached hydrogens (primary N) is 1. The molecule has 0 bridgehead atoms. The Morgan fingerprint density at radius 3 is 2.18 bits per heavy atom. The number of aliphatic hydroxyl groups excluding tert-OH is 2. The fraction of sp³-hybridized carbons (Fsp3) is 0.548. The lowest BCUT2D eigenvalue weighted by Crippen LogP contribution is -2.65. The summed E-state index contributed by atoms with van der Waals surface area (Å²) in [6.07, 6.45) is 0.117. The van der Waals surface area contributed by atoms with Crippen molar-refractivity contribution in [2.45, 2.75) is 64.6 Å². The number of aromatic hydroxyl groups is 1. The van der Waals surface area contributed by atoms with Crippen molar-refractivity contribution in [3.63, 3.8) is 0 Å². The highest BCUT2D eigenvalue weighted by molar-refractivity contribution is 6.24. The van der Waals surface area contributed by atoms with Crippen molar-refractivity contribution in [3.8, 4) is 5.75 Å². The number of amides is 2. The number of primary amides is 1. The van der Waals surface area contributed by atoms with Gasteiger partial charge in [-0.3, -0.25) is 24.1 Å². The van der Waals surface area contributed by atoms with Crippen LogP contribution in [0.5, 0.6) is 5.75 Å². The van der Waals surface area contributed by atoms with Crippen LogP contribution in [0.2, 0.25) is 0 Å². The lowest BCUT2D eigenvalue weighted by Gasteiger charge is -2.50. The molecular formula is C31H45N5O8. The summed E-state index contributed by atoms with van der Waals surface area (Å²) in [6.45, 7) is 9.62. The van der Waals surface area contributed by atoms with Gasteiger partial charge in [0.05, 0.1) is 23.8 Å². The zero-order valence-electron chi connectivity index (χ0n) is 26.8. The Labute approximate surface area is 257 Å². The second-order valence-electron chi connectivity index (χ2n) is 12.7. The first kappa shape index (κ1) is 34.5. The first-order valence-electron chi connectivity index (χ1n) is 14.6. The molecule has 1 fully saturated rings. The molecular weight excluding hydrogens is 570 g/mol. The van der Waals surface area contributed by atoms with Gasteiger partial charge in [0.15, 0.2) is 11.4 Å². The van der Waals surface area contributed by atoms with Gasteiger partial charge in [-0.1, -0.05) is 13.8 Å². The van der Waals surface area contributed by atoms with Crippen LogP contribution in [0.15, 0.2) is 23.0 Å². The topological polar surface area (TPSA) is 206 Å². The smallest absolute Gasteiger partial charge is 0.255 e. The molecule has 4 atom stereocenters. The van der Waals surface area contributed by atoms with Gasteiger partial charge in [-0.2, -0.15) is 0 Å². The van der Waals surface area contributed by atoms with Gasteiger partial charge < -0.3 is 41.7 Å². The summed E-state index contributed by atoms with van der Waals surface area (Å²) >= 11 is 0. The van der Waals surface area contributed by atoms with Gasteiger partial charge in [0.25, 0.3) is 5.91 Å². The number of anilines is 2. The summed E-state index contributed by atoms with van der Waals surface area (Å²) in [6, 6.07) is 0.409. The fourth-order valence-electron chi connectivity index (χ4n) is 6.33. The largest absolute Gasteiger partial charge is 0.508 e. The predicted molar refractivity (Wildman–Crippen MR) is 166 cm³/mol. The highest BCUT2D eigenvalue weighted by atomic mass is 16.3. The zero-order chi connectivity index (χ0) is 33.6. The van der Waals surface area contributed by atoms with Gasteiger partial charge in [0.2, 0.25) is 11.7 Å². The number of hydrogen-bond donors (Lipinski definition) is 7. The van der Waals surface area contributed by atoms with Crippen molar-refractivity contribution in [3.05, 3.63) is 34.1 Å². The van der Waals surface area contributed by atoms with Crippen molar-refractivity contribution >= 4 is 40.5 Å². The first-order chi connectivity index (χ1) is 20.3. The Morgan fingerprint density at radius 1 is 1.09 bits per heavy atom. The van der Waals surface area contributed by atoms with E-state index < -0.39 is 69.7 Å². The summed E-state index contributed by atoms with van der Waals surface area (Å²) in [7, 11) is 6.58. The molecule has 242 valence electrons. The molecule has 2 amide bonds. The van der Waals surface area contributed by atoms with Crippen LogP contribution in [0.3, 0.4) is 0 Å². The molecule has 0 aromatic heterocycles. The number of Topliss-reactive ketones (excluding diaryl/α,β-unsaturated/α-hetero) is 2. The number of aliphatic hydroxyl groups is 3. The van der Waals surface area contributed by atoms with Gasteiger partial charge in [0.1, 0.15) is 22.8 Å². The van der Waals surface area contributed by atoms with E-state index in [1.54, 1.807) is 39.2 Å². The van der Waals surface area contributed by atoms with Crippen molar-refractivity contribution in [1.29, 1.82) is 0 Å². The number of rotatable bonds is 6. The number of carbonyl (C=O) groups excluding carboxylic acids is 4. The van der Waals surface area contributed by atoms with E-state index in [-0.39, 0.29) is 41.7 Å². The molecule has 1 aromatic carbocycles. The van der Waals surface area contributed by atoms with Crippen molar-refractivity contribution in [2.24, 2.45) is 17.6 Å². The standard InChI is InChI=1S/C29H39N5O8.C2H6/c1-28(2,3)31-11-17(35)32-15-10-16(33(4)5)13-8-12-9-14-21(34(6)7)24(38)20(27(30)41)26(40)29(14,42)25(39)18(12)23(37)19(13)22(15)36;1-2/h10,12,14,21,31,36-37,40,42H,8-9,11H2,1-7H3,(H2,30,41)(H,32,35);1-2H3/t12-,14?,21?,29?;/m0./s1. The Balaban J connectivity index is 0.00000259. The molecule has 3 unspecified atom stereocenters. The third-order valence-electron chi connectivity index (χ3n) is 8.23. The van der Waals surface area contributed by atoms with E-state index in [0.29, 0.717) is 11.3 Å². The molecule has 0 spiro atoms. The number of nitrogens with zero attached hydrogens (tertiary/aromatic N) is 2. The summed E-state index contributed by atoms with van der Waals surface area (Å²) in [5.74, 6) is -7.79. The lowest BCUT2D eigenvalue weighted by atomic mass is 9.57. The summed E-state index contributed by atoms with van der Waals surface area (Å²) in [4.78, 5) is 55.3. The number of benzene rings is 1. The van der Waals surface area contributed by atoms with E-state index in [1.165, 1.54) is 4.90 Å². The first-order valence-corrected chi connectivity index (χ1v) is 14.6. The maximum Gasteiger partial charge on any atom is 0.255 e. The Morgan fingerprint density at radius 2 is 1.68 bits per heavy atom. The van der Waals surface area contributed by atoms with E-state index >= 15 is 0 Å². The van der Waals surface area contributed by atoms with Gasteiger partial charge in [-0.05, 0) is 65.3 Å². The number of ketones is 2. The Bertz CT molecular complexity index is 1460. The number of fused-ring (bicyclic) bond motifs is 3. The number of carbonyl (C=O) groups is 4. The zero-order valence-corrected chi connectivity index (χ0v) is 26.8. The molecule has 0 aliphatic heterocycles. The average Bonchev–Trinajstić information content (AvgIpc) is 2.91. The molecule has 8 N–H and O–H groups in total. The fourth-order valence-corrected chi connectivity index (χ4v) is 6.33. The molecule has 1 saturated carbocycles.